The van der Waals surface area contributed by atoms with E-state index in [1.54, 1.807) is 13.8 Å². The zero-order valence-corrected chi connectivity index (χ0v) is 11.2. The van der Waals surface area contributed by atoms with Gasteiger partial charge in [0.25, 0.3) is 5.91 Å². The molecule has 0 saturated heterocycles. The van der Waals surface area contributed by atoms with E-state index < -0.39 is 28.8 Å². The molecule has 0 heterocycles. The molecule has 0 unspecified atom stereocenters. The largest absolute Gasteiger partial charge is 0.393 e. The maximum atomic E-state index is 13.0. The van der Waals surface area contributed by atoms with Crippen molar-refractivity contribution in [1.29, 1.82) is 0 Å². The Kier molecular flexibility index (Phi) is 4.52. The smallest absolute Gasteiger partial charge is 0.251 e. The highest BCUT2D eigenvalue weighted by molar-refractivity contribution is 7.80. The van der Waals surface area contributed by atoms with E-state index in [1.807, 2.05) is 0 Å². The Hall–Kier alpha value is -1.63. The third-order valence-electron chi connectivity index (χ3n) is 2.60. The van der Waals surface area contributed by atoms with Crippen LogP contribution in [0.25, 0.3) is 0 Å². The van der Waals surface area contributed by atoms with Gasteiger partial charge in [-0.25, -0.2) is 13.2 Å². The van der Waals surface area contributed by atoms with E-state index in [1.165, 1.54) is 0 Å². The van der Waals surface area contributed by atoms with Gasteiger partial charge in [0.05, 0.1) is 4.99 Å². The minimum Gasteiger partial charge on any atom is -0.393 e. The van der Waals surface area contributed by atoms with Crippen LogP contribution in [0.2, 0.25) is 0 Å². The molecule has 0 atom stereocenters. The predicted octanol–water partition coefficient (Wildman–Crippen LogP) is 2.15. The van der Waals surface area contributed by atoms with E-state index in [0.717, 1.165) is 0 Å². The van der Waals surface area contributed by atoms with Gasteiger partial charge < -0.3 is 11.1 Å². The molecule has 19 heavy (non-hydrogen) atoms. The number of hydrogen-bond donors (Lipinski definition) is 2. The number of amides is 1. The zero-order chi connectivity index (χ0) is 14.8. The monoisotopic (exact) mass is 290 g/mol. The minimum atomic E-state index is -1.61. The number of hydrogen-bond acceptors (Lipinski definition) is 2. The fourth-order valence-electron chi connectivity index (χ4n) is 1.18. The van der Waals surface area contributed by atoms with Gasteiger partial charge in [0.1, 0.15) is 0 Å². The summed E-state index contributed by atoms with van der Waals surface area (Å²) in [6.45, 7) is 3.52. The molecule has 104 valence electrons. The van der Waals surface area contributed by atoms with Crippen molar-refractivity contribution in [1.82, 2.24) is 5.32 Å². The van der Waals surface area contributed by atoms with Crippen molar-refractivity contribution in [2.45, 2.75) is 13.8 Å². The van der Waals surface area contributed by atoms with Crippen molar-refractivity contribution in [2.24, 2.45) is 11.1 Å². The first-order chi connectivity index (χ1) is 8.65. The Bertz CT molecular complexity index is 509. The Balaban J connectivity index is 2.83. The van der Waals surface area contributed by atoms with Crippen LogP contribution in [-0.2, 0) is 0 Å². The van der Waals surface area contributed by atoms with Gasteiger partial charge in [0, 0.05) is 17.5 Å². The second kappa shape index (κ2) is 5.56. The van der Waals surface area contributed by atoms with Gasteiger partial charge in [-0.3, -0.25) is 4.79 Å². The lowest BCUT2D eigenvalue weighted by atomic mass is 9.93. The molecular formula is C12H13F3N2OS. The molecule has 0 fully saturated rings. The first-order valence-corrected chi connectivity index (χ1v) is 5.78. The van der Waals surface area contributed by atoms with Gasteiger partial charge in [-0.2, -0.15) is 0 Å². The second-order valence-corrected chi connectivity index (χ2v) is 5.12. The summed E-state index contributed by atoms with van der Waals surface area (Å²) in [5, 5.41) is 2.43. The molecule has 0 aliphatic heterocycles. The van der Waals surface area contributed by atoms with Crippen LogP contribution in [0.3, 0.4) is 0 Å². The molecule has 0 spiro atoms. The topological polar surface area (TPSA) is 55.1 Å². The fraction of sp³-hybridized carbons (Fsp3) is 0.333. The summed E-state index contributed by atoms with van der Waals surface area (Å²) in [5.41, 5.74) is 4.53. The minimum absolute atomic E-state index is 0.0990. The van der Waals surface area contributed by atoms with Crippen LogP contribution in [0.5, 0.6) is 0 Å². The molecule has 1 amide bonds. The molecule has 0 aliphatic rings. The van der Waals surface area contributed by atoms with E-state index >= 15 is 0 Å². The van der Waals surface area contributed by atoms with Crippen LogP contribution in [0.4, 0.5) is 13.2 Å². The average Bonchev–Trinajstić information content (AvgIpc) is 2.32. The molecule has 0 bridgehead atoms. The van der Waals surface area contributed by atoms with Crippen molar-refractivity contribution in [2.75, 3.05) is 6.54 Å². The van der Waals surface area contributed by atoms with E-state index in [2.05, 4.69) is 5.32 Å². The lowest BCUT2D eigenvalue weighted by Gasteiger charge is -2.23. The SMILES string of the molecule is CC(C)(CNC(=O)c1cc(F)c(F)c(F)c1)C(N)=S. The summed E-state index contributed by atoms with van der Waals surface area (Å²) in [4.78, 5) is 11.9. The number of halogens is 3. The molecule has 0 aliphatic carbocycles. The summed E-state index contributed by atoms with van der Waals surface area (Å²) in [7, 11) is 0. The van der Waals surface area contributed by atoms with Crippen LogP contribution in [-0.4, -0.2) is 17.4 Å². The van der Waals surface area contributed by atoms with Crippen molar-refractivity contribution in [3.8, 4) is 0 Å². The highest BCUT2D eigenvalue weighted by Gasteiger charge is 2.23. The molecule has 3 N–H and O–H groups in total. The van der Waals surface area contributed by atoms with Crippen LogP contribution in [0.15, 0.2) is 12.1 Å². The summed E-state index contributed by atoms with van der Waals surface area (Å²) < 4.78 is 38.7. The Labute approximate surface area is 114 Å². The molecule has 0 saturated carbocycles. The number of thiocarbonyl (C=S) groups is 1. The van der Waals surface area contributed by atoms with E-state index in [4.69, 9.17) is 18.0 Å². The molecule has 1 aromatic rings. The first-order valence-electron chi connectivity index (χ1n) is 5.38. The van der Waals surface area contributed by atoms with Crippen LogP contribution in [0, 0.1) is 22.9 Å². The number of nitrogens with two attached hydrogens (primary N) is 1. The maximum absolute atomic E-state index is 13.0. The molecule has 1 aromatic carbocycles. The normalized spacial score (nSPS) is 11.2. The van der Waals surface area contributed by atoms with Crippen LogP contribution in [0.1, 0.15) is 24.2 Å². The quantitative estimate of drug-likeness (QED) is 0.660. The summed E-state index contributed by atoms with van der Waals surface area (Å²) in [6.07, 6.45) is 0. The van der Waals surface area contributed by atoms with Gasteiger partial charge >= 0.3 is 0 Å². The summed E-state index contributed by atoms with van der Waals surface area (Å²) in [5.74, 6) is -5.18. The van der Waals surface area contributed by atoms with Gasteiger partial charge in [0.2, 0.25) is 0 Å². The van der Waals surface area contributed by atoms with E-state index in [9.17, 15) is 18.0 Å². The van der Waals surface area contributed by atoms with Crippen molar-refractivity contribution in [3.05, 3.63) is 35.1 Å². The Morgan fingerprint density at radius 1 is 1.32 bits per heavy atom. The molecule has 0 radical (unpaired) electrons. The summed E-state index contributed by atoms with van der Waals surface area (Å²) in [6, 6.07) is 1.25. The second-order valence-electron chi connectivity index (χ2n) is 4.68. The molecule has 0 aromatic heterocycles. The molecule has 1 rings (SSSR count). The van der Waals surface area contributed by atoms with E-state index in [0.29, 0.717) is 12.1 Å². The van der Waals surface area contributed by atoms with Crippen molar-refractivity contribution in [3.63, 3.8) is 0 Å². The van der Waals surface area contributed by atoms with Crippen LogP contribution < -0.4 is 11.1 Å². The average molecular weight is 290 g/mol. The predicted molar refractivity (Wildman–Crippen MR) is 69.2 cm³/mol. The highest BCUT2D eigenvalue weighted by Crippen LogP contribution is 2.16. The lowest BCUT2D eigenvalue weighted by Crippen LogP contribution is -2.41. The highest BCUT2D eigenvalue weighted by atomic mass is 32.1. The van der Waals surface area contributed by atoms with Gasteiger partial charge in [-0.1, -0.05) is 26.1 Å². The first kappa shape index (κ1) is 15.4. The number of rotatable bonds is 4. The van der Waals surface area contributed by atoms with Crippen molar-refractivity contribution >= 4 is 23.1 Å². The third-order valence-corrected chi connectivity index (χ3v) is 3.16. The van der Waals surface area contributed by atoms with Crippen LogP contribution >= 0.6 is 12.2 Å². The van der Waals surface area contributed by atoms with Crippen molar-refractivity contribution < 1.29 is 18.0 Å². The van der Waals surface area contributed by atoms with Gasteiger partial charge in [-0.05, 0) is 12.1 Å². The standard InChI is InChI=1S/C12H13F3N2OS/c1-12(2,11(16)19)5-17-10(18)6-3-7(13)9(15)8(14)4-6/h3-4H,5H2,1-2H3,(H2,16,19)(H,17,18). The van der Waals surface area contributed by atoms with E-state index in [-0.39, 0.29) is 17.1 Å². The Morgan fingerprint density at radius 2 is 1.79 bits per heavy atom. The molecule has 7 heteroatoms. The maximum Gasteiger partial charge on any atom is 0.251 e. The lowest BCUT2D eigenvalue weighted by molar-refractivity contribution is 0.0944. The fourth-order valence-corrected chi connectivity index (χ4v) is 1.25. The number of carbonyl (C=O) groups excluding carboxylic acids is 1. The third kappa shape index (κ3) is 3.66. The molecular weight excluding hydrogens is 277 g/mol. The number of benzene rings is 1. The zero-order valence-electron chi connectivity index (χ0n) is 10.4. The molecule has 3 nitrogen and oxygen atoms in total. The van der Waals surface area contributed by atoms with Gasteiger partial charge in [0.15, 0.2) is 17.5 Å². The number of nitrogens with one attached hydrogen (secondary N) is 1. The Morgan fingerprint density at radius 3 is 2.21 bits per heavy atom. The van der Waals surface area contributed by atoms with Gasteiger partial charge in [-0.15, -0.1) is 0 Å². The summed E-state index contributed by atoms with van der Waals surface area (Å²) >= 11 is 4.82. The number of carbonyl (C=O) groups is 1.